The van der Waals surface area contributed by atoms with Crippen molar-refractivity contribution in [1.82, 2.24) is 10.2 Å². The molecule has 1 fully saturated rings. The van der Waals surface area contributed by atoms with E-state index in [0.29, 0.717) is 28.8 Å². The minimum absolute atomic E-state index is 0.214. The van der Waals surface area contributed by atoms with Crippen molar-refractivity contribution in [2.45, 2.75) is 6.04 Å². The van der Waals surface area contributed by atoms with Gasteiger partial charge in [0, 0.05) is 24.7 Å². The summed E-state index contributed by atoms with van der Waals surface area (Å²) in [5.41, 5.74) is 0.354. The summed E-state index contributed by atoms with van der Waals surface area (Å²) in [7, 11) is 0. The monoisotopic (exact) mass is 317 g/mol. The van der Waals surface area contributed by atoms with E-state index in [4.69, 9.17) is 28.3 Å². The fourth-order valence-corrected chi connectivity index (χ4v) is 2.29. The number of piperazine rings is 1. The Labute approximate surface area is 125 Å². The number of hydrogen-bond acceptors (Lipinski definition) is 3. The number of urea groups is 1. The number of aliphatic carboxylic acids is 1. The zero-order chi connectivity index (χ0) is 14.7. The number of amides is 2. The van der Waals surface area contributed by atoms with E-state index in [1.54, 1.807) is 12.1 Å². The fraction of sp³-hybridized carbons (Fsp3) is 0.333. The maximum Gasteiger partial charge on any atom is 0.327 e. The number of rotatable bonds is 2. The molecule has 0 radical (unpaired) electrons. The van der Waals surface area contributed by atoms with Crippen molar-refractivity contribution in [2.24, 2.45) is 0 Å². The third-order valence-corrected chi connectivity index (χ3v) is 3.52. The molecule has 2 rings (SSSR count). The number of anilines is 1. The van der Waals surface area contributed by atoms with E-state index in [1.807, 2.05) is 0 Å². The summed E-state index contributed by atoms with van der Waals surface area (Å²) < 4.78 is 0. The van der Waals surface area contributed by atoms with Crippen LogP contribution in [0.15, 0.2) is 18.2 Å². The highest BCUT2D eigenvalue weighted by Crippen LogP contribution is 2.25. The van der Waals surface area contributed by atoms with Gasteiger partial charge in [0.05, 0.1) is 10.7 Å². The first-order valence-corrected chi connectivity index (χ1v) is 6.71. The topological polar surface area (TPSA) is 81.7 Å². The molecule has 1 aliphatic rings. The Morgan fingerprint density at radius 2 is 2.15 bits per heavy atom. The number of nitrogens with one attached hydrogen (secondary N) is 2. The molecular formula is C12H13Cl2N3O3. The average molecular weight is 318 g/mol. The van der Waals surface area contributed by atoms with Crippen LogP contribution in [0.2, 0.25) is 10.0 Å². The molecule has 1 aliphatic heterocycles. The Bertz CT molecular complexity index is 539. The Kier molecular flexibility index (Phi) is 4.69. The van der Waals surface area contributed by atoms with Crippen molar-refractivity contribution in [1.29, 1.82) is 0 Å². The molecular weight excluding hydrogens is 305 g/mol. The highest BCUT2D eigenvalue weighted by Gasteiger charge is 2.32. The molecule has 20 heavy (non-hydrogen) atoms. The van der Waals surface area contributed by atoms with E-state index in [2.05, 4.69) is 10.6 Å². The second kappa shape index (κ2) is 6.30. The number of carbonyl (C=O) groups excluding carboxylic acids is 1. The van der Waals surface area contributed by atoms with Gasteiger partial charge in [0.1, 0.15) is 6.04 Å². The lowest BCUT2D eigenvalue weighted by Gasteiger charge is -2.33. The molecule has 0 spiro atoms. The summed E-state index contributed by atoms with van der Waals surface area (Å²) >= 11 is 11.8. The van der Waals surface area contributed by atoms with Gasteiger partial charge in [-0.25, -0.2) is 9.59 Å². The van der Waals surface area contributed by atoms with Crippen molar-refractivity contribution >= 4 is 40.9 Å². The molecule has 8 heteroatoms. The lowest BCUT2D eigenvalue weighted by molar-refractivity contribution is -0.142. The summed E-state index contributed by atoms with van der Waals surface area (Å²) in [6.07, 6.45) is 0. The van der Waals surface area contributed by atoms with Gasteiger partial charge in [0.15, 0.2) is 0 Å². The number of carboxylic acid groups (broad SMARTS) is 1. The van der Waals surface area contributed by atoms with Gasteiger partial charge >= 0.3 is 12.0 Å². The van der Waals surface area contributed by atoms with Crippen LogP contribution in [-0.2, 0) is 4.79 Å². The van der Waals surface area contributed by atoms with E-state index < -0.39 is 18.0 Å². The number of halogens is 2. The van der Waals surface area contributed by atoms with Crippen LogP contribution in [0.3, 0.4) is 0 Å². The van der Waals surface area contributed by atoms with E-state index in [1.165, 1.54) is 11.0 Å². The van der Waals surface area contributed by atoms with Gasteiger partial charge < -0.3 is 20.6 Å². The lowest BCUT2D eigenvalue weighted by atomic mass is 10.2. The second-order valence-corrected chi connectivity index (χ2v) is 5.15. The Hall–Kier alpha value is -1.50. The van der Waals surface area contributed by atoms with E-state index in [0.717, 1.165) is 0 Å². The van der Waals surface area contributed by atoms with Crippen LogP contribution >= 0.6 is 23.2 Å². The van der Waals surface area contributed by atoms with Gasteiger partial charge in [-0.1, -0.05) is 23.2 Å². The predicted molar refractivity (Wildman–Crippen MR) is 76.5 cm³/mol. The third-order valence-electron chi connectivity index (χ3n) is 2.96. The molecule has 0 saturated carbocycles. The van der Waals surface area contributed by atoms with Gasteiger partial charge in [-0.2, -0.15) is 0 Å². The number of hydrogen-bond donors (Lipinski definition) is 3. The molecule has 1 unspecified atom stereocenters. The first-order valence-electron chi connectivity index (χ1n) is 5.95. The maximum atomic E-state index is 12.2. The van der Waals surface area contributed by atoms with Gasteiger partial charge in [-0.3, -0.25) is 0 Å². The quantitative estimate of drug-likeness (QED) is 0.778. The lowest BCUT2D eigenvalue weighted by Crippen LogP contribution is -2.58. The van der Waals surface area contributed by atoms with Crippen LogP contribution in [0.4, 0.5) is 10.5 Å². The van der Waals surface area contributed by atoms with Gasteiger partial charge in [-0.15, -0.1) is 0 Å². The smallest absolute Gasteiger partial charge is 0.327 e. The minimum Gasteiger partial charge on any atom is -0.480 e. The summed E-state index contributed by atoms with van der Waals surface area (Å²) in [6.45, 7) is 1.06. The summed E-state index contributed by atoms with van der Waals surface area (Å²) in [6, 6.07) is 3.26. The third kappa shape index (κ3) is 3.33. The SMILES string of the molecule is O=C(O)C1CNCCN1C(=O)Nc1cc(Cl)ccc1Cl. The fourth-order valence-electron chi connectivity index (χ4n) is 1.95. The van der Waals surface area contributed by atoms with E-state index >= 15 is 0 Å². The molecule has 108 valence electrons. The van der Waals surface area contributed by atoms with Crippen molar-refractivity contribution in [2.75, 3.05) is 25.0 Å². The van der Waals surface area contributed by atoms with E-state index in [-0.39, 0.29) is 6.54 Å². The zero-order valence-corrected chi connectivity index (χ0v) is 11.9. The average Bonchev–Trinajstić information content (AvgIpc) is 2.42. The standard InChI is InChI=1S/C12H13Cl2N3O3/c13-7-1-2-8(14)9(5-7)16-12(20)17-4-3-15-6-10(17)11(18)19/h1-2,5,10,15H,3-4,6H2,(H,16,20)(H,18,19). The van der Waals surface area contributed by atoms with Crippen molar-refractivity contribution < 1.29 is 14.7 Å². The van der Waals surface area contributed by atoms with Crippen LogP contribution < -0.4 is 10.6 Å². The molecule has 6 nitrogen and oxygen atoms in total. The van der Waals surface area contributed by atoms with Crippen molar-refractivity contribution in [3.63, 3.8) is 0 Å². The zero-order valence-electron chi connectivity index (χ0n) is 10.4. The normalized spacial score (nSPS) is 18.7. The van der Waals surface area contributed by atoms with Gasteiger partial charge in [0.2, 0.25) is 0 Å². The molecule has 1 atom stereocenters. The van der Waals surface area contributed by atoms with Crippen LogP contribution in [0.25, 0.3) is 0 Å². The predicted octanol–water partition coefficient (Wildman–Crippen LogP) is 1.88. The molecule has 1 heterocycles. The summed E-state index contributed by atoms with van der Waals surface area (Å²) in [5.74, 6) is -1.05. The number of carboxylic acids is 1. The van der Waals surface area contributed by atoms with Gasteiger partial charge in [0.25, 0.3) is 0 Å². The van der Waals surface area contributed by atoms with Crippen molar-refractivity contribution in [3.05, 3.63) is 28.2 Å². The van der Waals surface area contributed by atoms with Crippen LogP contribution in [0.5, 0.6) is 0 Å². The maximum absolute atomic E-state index is 12.2. The molecule has 0 aliphatic carbocycles. The van der Waals surface area contributed by atoms with Crippen LogP contribution in [0.1, 0.15) is 0 Å². The van der Waals surface area contributed by atoms with Crippen molar-refractivity contribution in [3.8, 4) is 0 Å². The summed E-state index contributed by atoms with van der Waals surface area (Å²) in [5, 5.41) is 15.4. The number of carbonyl (C=O) groups is 2. The summed E-state index contributed by atoms with van der Waals surface area (Å²) in [4.78, 5) is 24.6. The van der Waals surface area contributed by atoms with Crippen LogP contribution in [0, 0.1) is 0 Å². The highest BCUT2D eigenvalue weighted by atomic mass is 35.5. The Balaban J connectivity index is 2.14. The Morgan fingerprint density at radius 1 is 1.40 bits per heavy atom. The number of nitrogens with zero attached hydrogens (tertiary/aromatic N) is 1. The Morgan fingerprint density at radius 3 is 2.85 bits per heavy atom. The molecule has 2 amide bonds. The molecule has 1 aromatic rings. The first kappa shape index (κ1) is 14.9. The van der Waals surface area contributed by atoms with Gasteiger partial charge in [-0.05, 0) is 18.2 Å². The molecule has 0 aromatic heterocycles. The number of benzene rings is 1. The molecule has 0 bridgehead atoms. The van der Waals surface area contributed by atoms with E-state index in [9.17, 15) is 9.59 Å². The second-order valence-electron chi connectivity index (χ2n) is 4.31. The largest absolute Gasteiger partial charge is 0.480 e. The highest BCUT2D eigenvalue weighted by molar-refractivity contribution is 6.35. The molecule has 1 aromatic carbocycles. The van der Waals surface area contributed by atoms with Crippen LogP contribution in [-0.4, -0.2) is 47.7 Å². The first-order chi connectivity index (χ1) is 9.49. The molecule has 3 N–H and O–H groups in total. The minimum atomic E-state index is -1.05. The molecule has 1 saturated heterocycles.